The highest BCUT2D eigenvalue weighted by atomic mass is 35.5. The molecule has 0 radical (unpaired) electrons. The molecule has 2 rings (SSSR count). The van der Waals surface area contributed by atoms with Crippen molar-refractivity contribution in [1.82, 2.24) is 4.90 Å². The third-order valence-electron chi connectivity index (χ3n) is 3.60. The molecule has 1 aromatic carbocycles. The molecule has 3 heteroatoms. The van der Waals surface area contributed by atoms with Gasteiger partial charge in [-0.05, 0) is 43.5 Å². The van der Waals surface area contributed by atoms with E-state index >= 15 is 0 Å². The van der Waals surface area contributed by atoms with E-state index in [9.17, 15) is 5.11 Å². The fraction of sp³-hybridized carbons (Fsp3) is 0.571. The maximum Gasteiger partial charge on any atom is 0.0920 e. The number of piperidine rings is 1. The number of likely N-dealkylation sites (tertiary alicyclic amines) is 1. The first-order valence-corrected chi connectivity index (χ1v) is 6.72. The second kappa shape index (κ2) is 5.38. The molecule has 0 unspecified atom stereocenters. The van der Waals surface area contributed by atoms with Gasteiger partial charge in [-0.2, -0.15) is 0 Å². The number of hydrogen-bond acceptors (Lipinski definition) is 2. The Labute approximate surface area is 108 Å². The monoisotopic (exact) mass is 253 g/mol. The Hall–Kier alpha value is -0.570. The van der Waals surface area contributed by atoms with Crippen LogP contribution in [0.2, 0.25) is 5.02 Å². The normalized spacial score (nSPS) is 20.4. The third-order valence-corrected chi connectivity index (χ3v) is 3.86. The van der Waals surface area contributed by atoms with Crippen LogP contribution in [0.4, 0.5) is 0 Å². The summed E-state index contributed by atoms with van der Waals surface area (Å²) in [6.07, 6.45) is 2.81. The lowest BCUT2D eigenvalue weighted by atomic mass is 9.84. The molecular weight excluding hydrogens is 234 g/mol. The van der Waals surface area contributed by atoms with Crippen LogP contribution in [0.3, 0.4) is 0 Å². The summed E-state index contributed by atoms with van der Waals surface area (Å²) in [7, 11) is 0. The minimum Gasteiger partial charge on any atom is -0.385 e. The molecule has 17 heavy (non-hydrogen) atoms. The lowest BCUT2D eigenvalue weighted by Gasteiger charge is -2.38. The molecule has 0 saturated carbocycles. The Balaban J connectivity index is 2.04. The maximum absolute atomic E-state index is 10.6. The van der Waals surface area contributed by atoms with Gasteiger partial charge in [-0.1, -0.05) is 30.7 Å². The molecule has 0 amide bonds. The second-order valence-electron chi connectivity index (χ2n) is 4.88. The van der Waals surface area contributed by atoms with E-state index < -0.39 is 5.60 Å². The van der Waals surface area contributed by atoms with E-state index in [2.05, 4.69) is 11.8 Å². The molecule has 1 heterocycles. The summed E-state index contributed by atoms with van der Waals surface area (Å²) in [4.78, 5) is 2.42. The number of halogens is 1. The van der Waals surface area contributed by atoms with E-state index in [0.717, 1.165) is 43.1 Å². The lowest BCUT2D eigenvalue weighted by Crippen LogP contribution is -2.42. The standard InChI is InChI=1S/C14H20ClNO/c1-2-9-16-10-7-14(17,8-11-16)12-3-5-13(15)6-4-12/h3-6,17H,2,7-11H2,1H3. The minimum absolute atomic E-state index is 0.658. The number of hydrogen-bond donors (Lipinski definition) is 1. The van der Waals surface area contributed by atoms with Crippen LogP contribution in [-0.2, 0) is 5.60 Å². The van der Waals surface area contributed by atoms with Crippen LogP contribution in [0.1, 0.15) is 31.7 Å². The molecule has 0 aliphatic carbocycles. The average molecular weight is 254 g/mol. The molecule has 1 N–H and O–H groups in total. The van der Waals surface area contributed by atoms with Crippen molar-refractivity contribution in [2.45, 2.75) is 31.8 Å². The largest absolute Gasteiger partial charge is 0.385 e. The molecule has 0 aromatic heterocycles. The van der Waals surface area contributed by atoms with Crippen LogP contribution in [0, 0.1) is 0 Å². The van der Waals surface area contributed by atoms with Gasteiger partial charge >= 0.3 is 0 Å². The first kappa shape index (κ1) is 12.9. The molecular formula is C14H20ClNO. The SMILES string of the molecule is CCCN1CCC(O)(c2ccc(Cl)cc2)CC1. The van der Waals surface area contributed by atoms with Crippen molar-refractivity contribution in [1.29, 1.82) is 0 Å². The summed E-state index contributed by atoms with van der Waals surface area (Å²) in [6.45, 7) is 5.29. The van der Waals surface area contributed by atoms with Gasteiger partial charge in [-0.15, -0.1) is 0 Å². The smallest absolute Gasteiger partial charge is 0.0920 e. The lowest BCUT2D eigenvalue weighted by molar-refractivity contribution is -0.0257. The topological polar surface area (TPSA) is 23.5 Å². The van der Waals surface area contributed by atoms with Gasteiger partial charge in [0.15, 0.2) is 0 Å². The molecule has 0 atom stereocenters. The van der Waals surface area contributed by atoms with Crippen molar-refractivity contribution in [3.05, 3.63) is 34.9 Å². The van der Waals surface area contributed by atoms with E-state index in [-0.39, 0.29) is 0 Å². The Morgan fingerprint density at radius 3 is 2.35 bits per heavy atom. The number of aliphatic hydroxyl groups is 1. The molecule has 1 aromatic rings. The highest BCUT2D eigenvalue weighted by Gasteiger charge is 2.33. The van der Waals surface area contributed by atoms with E-state index in [4.69, 9.17) is 11.6 Å². The van der Waals surface area contributed by atoms with Gasteiger partial charge in [0.1, 0.15) is 0 Å². The first-order chi connectivity index (χ1) is 8.14. The quantitative estimate of drug-likeness (QED) is 0.895. The van der Waals surface area contributed by atoms with Crippen molar-refractivity contribution in [2.24, 2.45) is 0 Å². The van der Waals surface area contributed by atoms with Crippen LogP contribution in [0.15, 0.2) is 24.3 Å². The van der Waals surface area contributed by atoms with Crippen LogP contribution in [-0.4, -0.2) is 29.6 Å². The fourth-order valence-electron chi connectivity index (χ4n) is 2.51. The maximum atomic E-state index is 10.6. The molecule has 1 aliphatic heterocycles. The van der Waals surface area contributed by atoms with Crippen molar-refractivity contribution in [3.63, 3.8) is 0 Å². The number of rotatable bonds is 3. The second-order valence-corrected chi connectivity index (χ2v) is 5.32. The van der Waals surface area contributed by atoms with Gasteiger partial charge < -0.3 is 10.0 Å². The Morgan fingerprint density at radius 1 is 1.24 bits per heavy atom. The minimum atomic E-state index is -0.658. The molecule has 1 fully saturated rings. The summed E-state index contributed by atoms with van der Waals surface area (Å²) < 4.78 is 0. The van der Waals surface area contributed by atoms with Crippen LogP contribution in [0.5, 0.6) is 0 Å². The average Bonchev–Trinajstić information content (AvgIpc) is 2.33. The molecule has 2 nitrogen and oxygen atoms in total. The fourth-order valence-corrected chi connectivity index (χ4v) is 2.64. The van der Waals surface area contributed by atoms with Gasteiger partial charge in [-0.3, -0.25) is 0 Å². The van der Waals surface area contributed by atoms with Crippen molar-refractivity contribution < 1.29 is 5.11 Å². The summed E-state index contributed by atoms with van der Waals surface area (Å²) in [6, 6.07) is 7.59. The highest BCUT2D eigenvalue weighted by molar-refractivity contribution is 6.30. The van der Waals surface area contributed by atoms with E-state index in [1.165, 1.54) is 6.42 Å². The van der Waals surface area contributed by atoms with Crippen molar-refractivity contribution in [2.75, 3.05) is 19.6 Å². The predicted molar refractivity (Wildman–Crippen MR) is 71.3 cm³/mol. The summed E-state index contributed by atoms with van der Waals surface area (Å²) in [5.74, 6) is 0. The zero-order valence-corrected chi connectivity index (χ0v) is 11.1. The summed E-state index contributed by atoms with van der Waals surface area (Å²) in [5.41, 5.74) is 0.340. The van der Waals surface area contributed by atoms with Crippen molar-refractivity contribution in [3.8, 4) is 0 Å². The third kappa shape index (κ3) is 3.01. The number of benzene rings is 1. The molecule has 0 bridgehead atoms. The summed E-state index contributed by atoms with van der Waals surface area (Å²) in [5, 5.41) is 11.4. The van der Waals surface area contributed by atoms with Gasteiger partial charge in [0.25, 0.3) is 0 Å². The number of nitrogens with zero attached hydrogens (tertiary/aromatic N) is 1. The van der Waals surface area contributed by atoms with Crippen LogP contribution < -0.4 is 0 Å². The predicted octanol–water partition coefficient (Wildman–Crippen LogP) is 3.03. The Bertz CT molecular complexity index is 355. The van der Waals surface area contributed by atoms with Crippen molar-refractivity contribution >= 4 is 11.6 Å². The van der Waals surface area contributed by atoms with Gasteiger partial charge in [0, 0.05) is 18.1 Å². The first-order valence-electron chi connectivity index (χ1n) is 6.35. The highest BCUT2D eigenvalue weighted by Crippen LogP contribution is 2.33. The van der Waals surface area contributed by atoms with E-state index in [1.807, 2.05) is 24.3 Å². The Morgan fingerprint density at radius 2 is 1.82 bits per heavy atom. The zero-order chi connectivity index (χ0) is 12.3. The Kier molecular flexibility index (Phi) is 4.08. The van der Waals surface area contributed by atoms with Crippen LogP contribution >= 0.6 is 11.6 Å². The molecule has 94 valence electrons. The molecule has 0 spiro atoms. The summed E-state index contributed by atoms with van der Waals surface area (Å²) >= 11 is 5.87. The van der Waals surface area contributed by atoms with Gasteiger partial charge in [0.2, 0.25) is 0 Å². The van der Waals surface area contributed by atoms with Crippen LogP contribution in [0.25, 0.3) is 0 Å². The zero-order valence-electron chi connectivity index (χ0n) is 10.3. The van der Waals surface area contributed by atoms with E-state index in [1.54, 1.807) is 0 Å². The van der Waals surface area contributed by atoms with E-state index in [0.29, 0.717) is 0 Å². The van der Waals surface area contributed by atoms with Gasteiger partial charge in [-0.25, -0.2) is 0 Å². The molecule has 1 saturated heterocycles. The molecule has 1 aliphatic rings. The van der Waals surface area contributed by atoms with Gasteiger partial charge in [0.05, 0.1) is 5.60 Å².